The van der Waals surface area contributed by atoms with Crippen molar-refractivity contribution in [1.82, 2.24) is 5.32 Å². The molecule has 1 atom stereocenters. The highest BCUT2D eigenvalue weighted by Crippen LogP contribution is 2.22. The maximum absolute atomic E-state index is 13.3. The molecule has 0 radical (unpaired) electrons. The van der Waals surface area contributed by atoms with Crippen molar-refractivity contribution in [3.8, 4) is 0 Å². The van der Waals surface area contributed by atoms with Gasteiger partial charge in [0.05, 0.1) is 10.8 Å². The van der Waals surface area contributed by atoms with Gasteiger partial charge in [0.2, 0.25) is 10.0 Å². The number of primary sulfonamides is 1. The number of sulfonamides is 1. The topological polar surface area (TPSA) is 89.3 Å². The molecule has 1 unspecified atom stereocenters. The molecule has 0 saturated carbocycles. The lowest BCUT2D eigenvalue weighted by Gasteiger charge is -2.11. The SMILES string of the molecule is CC(CNC(=O)c1ccc(C(F)F)c(F)c1)S(N)(=O)=O. The molecule has 0 aliphatic carbocycles. The zero-order chi connectivity index (χ0) is 15.5. The fourth-order valence-electron chi connectivity index (χ4n) is 1.30. The van der Waals surface area contributed by atoms with Gasteiger partial charge in [0.25, 0.3) is 12.3 Å². The third-order valence-corrected chi connectivity index (χ3v) is 3.90. The maximum Gasteiger partial charge on any atom is 0.266 e. The fraction of sp³-hybridized carbons (Fsp3) is 0.364. The second kappa shape index (κ2) is 6.23. The smallest absolute Gasteiger partial charge is 0.266 e. The van der Waals surface area contributed by atoms with Crippen LogP contribution < -0.4 is 10.5 Å². The van der Waals surface area contributed by atoms with Crippen LogP contribution in [0.4, 0.5) is 13.2 Å². The highest BCUT2D eigenvalue weighted by molar-refractivity contribution is 7.89. The number of nitrogens with two attached hydrogens (primary N) is 1. The highest BCUT2D eigenvalue weighted by Gasteiger charge is 2.18. The standard InChI is InChI=1S/C11H13F3N2O3S/c1-6(20(15,18)19)5-16-11(17)7-2-3-8(10(13)14)9(12)4-7/h2-4,6,10H,5H2,1H3,(H,16,17)(H2,15,18,19). The molecule has 1 rings (SSSR count). The van der Waals surface area contributed by atoms with E-state index in [2.05, 4.69) is 5.32 Å². The number of rotatable bonds is 5. The molecule has 0 aromatic heterocycles. The van der Waals surface area contributed by atoms with E-state index in [1.165, 1.54) is 6.92 Å². The number of nitrogens with one attached hydrogen (secondary N) is 1. The van der Waals surface area contributed by atoms with Crippen LogP contribution in [0.5, 0.6) is 0 Å². The van der Waals surface area contributed by atoms with E-state index in [1.807, 2.05) is 0 Å². The van der Waals surface area contributed by atoms with Gasteiger partial charge in [-0.25, -0.2) is 26.7 Å². The molecule has 1 aromatic carbocycles. The number of hydrogen-bond donors (Lipinski definition) is 2. The number of amides is 1. The Balaban J connectivity index is 2.77. The number of carbonyl (C=O) groups is 1. The second-order valence-electron chi connectivity index (χ2n) is 4.15. The van der Waals surface area contributed by atoms with Crippen molar-refractivity contribution in [2.75, 3.05) is 6.54 Å². The summed E-state index contributed by atoms with van der Waals surface area (Å²) in [6, 6.07) is 2.50. The van der Waals surface area contributed by atoms with Gasteiger partial charge in [-0.1, -0.05) is 0 Å². The molecule has 5 nitrogen and oxygen atoms in total. The lowest BCUT2D eigenvalue weighted by Crippen LogP contribution is -2.38. The molecule has 0 heterocycles. The van der Waals surface area contributed by atoms with Crippen LogP contribution in [-0.4, -0.2) is 26.1 Å². The first-order valence-corrected chi connectivity index (χ1v) is 7.11. The minimum Gasteiger partial charge on any atom is -0.351 e. The summed E-state index contributed by atoms with van der Waals surface area (Å²) in [6.45, 7) is 1.02. The largest absolute Gasteiger partial charge is 0.351 e. The molecule has 0 aliphatic heterocycles. The molecule has 0 saturated heterocycles. The molecule has 20 heavy (non-hydrogen) atoms. The maximum atomic E-state index is 13.3. The molecule has 0 aliphatic rings. The van der Waals surface area contributed by atoms with Crippen LogP contribution in [0, 0.1) is 5.82 Å². The van der Waals surface area contributed by atoms with Gasteiger partial charge in [-0.15, -0.1) is 0 Å². The summed E-state index contributed by atoms with van der Waals surface area (Å²) in [6.07, 6.45) is -2.98. The number of benzene rings is 1. The Kier molecular flexibility index (Phi) is 5.12. The third-order valence-electron chi connectivity index (χ3n) is 2.61. The average Bonchev–Trinajstić information content (AvgIpc) is 2.33. The highest BCUT2D eigenvalue weighted by atomic mass is 32.2. The van der Waals surface area contributed by atoms with E-state index in [4.69, 9.17) is 5.14 Å². The number of alkyl halides is 2. The summed E-state index contributed by atoms with van der Waals surface area (Å²) in [7, 11) is -3.79. The Bertz CT molecular complexity index is 605. The Morgan fingerprint density at radius 3 is 2.45 bits per heavy atom. The number of carbonyl (C=O) groups excluding carboxylic acids is 1. The molecule has 0 fully saturated rings. The second-order valence-corrected chi connectivity index (χ2v) is 6.13. The Morgan fingerprint density at radius 1 is 1.40 bits per heavy atom. The lowest BCUT2D eigenvalue weighted by molar-refractivity contribution is 0.0952. The van der Waals surface area contributed by atoms with Crippen LogP contribution in [0.15, 0.2) is 18.2 Å². The van der Waals surface area contributed by atoms with Gasteiger partial charge in [-0.05, 0) is 25.1 Å². The van der Waals surface area contributed by atoms with Gasteiger partial charge in [-0.2, -0.15) is 0 Å². The van der Waals surface area contributed by atoms with Gasteiger partial charge in [0.1, 0.15) is 5.82 Å². The van der Waals surface area contributed by atoms with Gasteiger partial charge in [0.15, 0.2) is 0 Å². The molecule has 9 heteroatoms. The third kappa shape index (κ3) is 4.20. The van der Waals surface area contributed by atoms with Crippen molar-refractivity contribution >= 4 is 15.9 Å². The van der Waals surface area contributed by atoms with E-state index in [9.17, 15) is 26.4 Å². The molecule has 1 amide bonds. The summed E-state index contributed by atoms with van der Waals surface area (Å²) in [4.78, 5) is 11.6. The Hall–Kier alpha value is -1.61. The molecular weight excluding hydrogens is 297 g/mol. The minimum atomic E-state index is -3.79. The molecule has 0 bridgehead atoms. The van der Waals surface area contributed by atoms with E-state index >= 15 is 0 Å². The first kappa shape index (κ1) is 16.4. The predicted octanol–water partition coefficient (Wildman–Crippen LogP) is 1.17. The van der Waals surface area contributed by atoms with E-state index < -0.39 is 39.0 Å². The van der Waals surface area contributed by atoms with E-state index in [1.54, 1.807) is 0 Å². The average molecular weight is 310 g/mol. The number of halogens is 3. The first-order chi connectivity index (χ1) is 9.12. The van der Waals surface area contributed by atoms with Crippen LogP contribution in [0.1, 0.15) is 29.3 Å². The van der Waals surface area contributed by atoms with Crippen molar-refractivity contribution in [2.45, 2.75) is 18.6 Å². The quantitative estimate of drug-likeness (QED) is 0.855. The van der Waals surface area contributed by atoms with Crippen molar-refractivity contribution in [1.29, 1.82) is 0 Å². The first-order valence-electron chi connectivity index (χ1n) is 5.50. The van der Waals surface area contributed by atoms with E-state index in [0.29, 0.717) is 6.07 Å². The molecule has 0 spiro atoms. The van der Waals surface area contributed by atoms with Crippen LogP contribution in [0.2, 0.25) is 0 Å². The van der Waals surface area contributed by atoms with Crippen LogP contribution in [0.25, 0.3) is 0 Å². The van der Waals surface area contributed by atoms with Crippen LogP contribution in [-0.2, 0) is 10.0 Å². The monoisotopic (exact) mass is 310 g/mol. The Morgan fingerprint density at radius 2 is 2.00 bits per heavy atom. The van der Waals surface area contributed by atoms with Crippen LogP contribution in [0.3, 0.4) is 0 Å². The van der Waals surface area contributed by atoms with Crippen molar-refractivity contribution in [2.24, 2.45) is 5.14 Å². The van der Waals surface area contributed by atoms with Gasteiger partial charge >= 0.3 is 0 Å². The number of hydrogen-bond acceptors (Lipinski definition) is 3. The van der Waals surface area contributed by atoms with Crippen molar-refractivity contribution in [3.05, 3.63) is 35.1 Å². The normalized spacial score (nSPS) is 13.3. The predicted molar refractivity (Wildman–Crippen MR) is 66.3 cm³/mol. The summed E-state index contributed by atoms with van der Waals surface area (Å²) in [5.41, 5.74) is -0.993. The van der Waals surface area contributed by atoms with Crippen LogP contribution >= 0.6 is 0 Å². The summed E-state index contributed by atoms with van der Waals surface area (Å²) in [5, 5.41) is 6.07. The molecule has 1 aromatic rings. The van der Waals surface area contributed by atoms with Crippen molar-refractivity contribution < 1.29 is 26.4 Å². The van der Waals surface area contributed by atoms with E-state index in [-0.39, 0.29) is 12.1 Å². The minimum absolute atomic E-state index is 0.187. The molecule has 3 N–H and O–H groups in total. The summed E-state index contributed by atoms with van der Waals surface area (Å²) < 4.78 is 59.8. The zero-order valence-corrected chi connectivity index (χ0v) is 11.3. The van der Waals surface area contributed by atoms with Gasteiger partial charge in [-0.3, -0.25) is 4.79 Å². The molecule has 112 valence electrons. The summed E-state index contributed by atoms with van der Waals surface area (Å²) >= 11 is 0. The van der Waals surface area contributed by atoms with Gasteiger partial charge in [0, 0.05) is 12.1 Å². The fourth-order valence-corrected chi connectivity index (χ4v) is 1.62. The van der Waals surface area contributed by atoms with Gasteiger partial charge < -0.3 is 5.32 Å². The van der Waals surface area contributed by atoms with E-state index in [0.717, 1.165) is 12.1 Å². The van der Waals surface area contributed by atoms with Crippen molar-refractivity contribution in [3.63, 3.8) is 0 Å². The summed E-state index contributed by atoms with van der Waals surface area (Å²) in [5.74, 6) is -1.98. The zero-order valence-electron chi connectivity index (χ0n) is 10.4. The Labute approximate surface area is 114 Å². The lowest BCUT2D eigenvalue weighted by atomic mass is 10.1. The molecular formula is C11H13F3N2O3S.